The molecule has 3 atom stereocenters. The molecule has 2 fully saturated rings. The Balaban J connectivity index is 1.74. The van der Waals surface area contributed by atoms with Gasteiger partial charge in [0.25, 0.3) is 0 Å². The molecule has 3 N–H and O–H groups in total. The highest BCUT2D eigenvalue weighted by atomic mass is 19.2. The van der Waals surface area contributed by atoms with Crippen LogP contribution in [0.25, 0.3) is 0 Å². The summed E-state index contributed by atoms with van der Waals surface area (Å²) in [6.07, 6.45) is -0.105. The van der Waals surface area contributed by atoms with Gasteiger partial charge in [-0.05, 0) is 37.6 Å². The van der Waals surface area contributed by atoms with Crippen molar-refractivity contribution in [3.05, 3.63) is 58.9 Å². The monoisotopic (exact) mass is 485 g/mol. The highest BCUT2D eigenvalue weighted by Gasteiger charge is 2.63. The number of fused-ring (bicyclic) bond motifs is 4. The summed E-state index contributed by atoms with van der Waals surface area (Å²) in [7, 11) is 0. The molecule has 4 amide bonds. The third kappa shape index (κ3) is 3.27. The molecule has 1 aromatic heterocycles. The maximum atomic E-state index is 15.7. The molecule has 35 heavy (non-hydrogen) atoms. The lowest BCUT2D eigenvalue weighted by Crippen LogP contribution is -2.75. The number of imide groups is 2. The van der Waals surface area contributed by atoms with Crippen LogP contribution in [-0.4, -0.2) is 58.5 Å². The Bertz CT molecular complexity index is 1260. The molecule has 2 saturated heterocycles. The normalized spacial score (nSPS) is 25.6. The van der Waals surface area contributed by atoms with Gasteiger partial charge in [0, 0.05) is 24.7 Å². The lowest BCUT2D eigenvalue weighted by molar-refractivity contribution is -0.153. The summed E-state index contributed by atoms with van der Waals surface area (Å²) in [4.78, 5) is 43.8. The van der Waals surface area contributed by atoms with Gasteiger partial charge >= 0.3 is 6.03 Å². The average molecular weight is 485 g/mol. The zero-order valence-electron chi connectivity index (χ0n) is 18.7. The van der Waals surface area contributed by atoms with Crippen molar-refractivity contribution in [2.75, 3.05) is 11.4 Å². The van der Waals surface area contributed by atoms with Gasteiger partial charge in [-0.1, -0.05) is 11.2 Å². The third-order valence-corrected chi connectivity index (χ3v) is 6.73. The van der Waals surface area contributed by atoms with E-state index in [1.807, 2.05) is 0 Å². The van der Waals surface area contributed by atoms with Crippen molar-refractivity contribution < 1.29 is 33.1 Å². The number of nitrogens with zero attached hydrogens (tertiary/aromatic N) is 3. The number of hydrogen-bond acceptors (Lipinski definition) is 8. The minimum absolute atomic E-state index is 0.0646. The van der Waals surface area contributed by atoms with Crippen LogP contribution in [0, 0.1) is 17.0 Å². The SMILES string of the molecule is CC1O[C@H](C)CN2c3c(cc(/C(=N/O)c4ccccn4)c(F)c3F)CC3(C(=O)NC(=O)NC3=O)C12. The largest absolute Gasteiger partial charge is 0.410 e. The van der Waals surface area contributed by atoms with Crippen LogP contribution >= 0.6 is 0 Å². The van der Waals surface area contributed by atoms with E-state index in [9.17, 15) is 19.6 Å². The van der Waals surface area contributed by atoms with Gasteiger partial charge < -0.3 is 14.8 Å². The fraction of sp³-hybridized carbons (Fsp3) is 0.348. The Kier molecular flexibility index (Phi) is 5.28. The molecule has 0 radical (unpaired) electrons. The van der Waals surface area contributed by atoms with Crippen LogP contribution in [-0.2, 0) is 20.7 Å². The van der Waals surface area contributed by atoms with Crippen LogP contribution in [0.1, 0.15) is 30.7 Å². The summed E-state index contributed by atoms with van der Waals surface area (Å²) in [5.41, 5.74) is -2.46. The van der Waals surface area contributed by atoms with E-state index in [0.717, 1.165) is 0 Å². The lowest BCUT2D eigenvalue weighted by atomic mass is 9.66. The molecule has 12 heteroatoms. The van der Waals surface area contributed by atoms with Gasteiger partial charge in [0.05, 0.1) is 29.6 Å². The molecule has 3 aliphatic rings. The fourth-order valence-electron chi connectivity index (χ4n) is 5.46. The van der Waals surface area contributed by atoms with Gasteiger partial charge in [-0.3, -0.25) is 25.2 Å². The van der Waals surface area contributed by atoms with Crippen LogP contribution in [0.2, 0.25) is 0 Å². The Morgan fingerprint density at radius 1 is 1.20 bits per heavy atom. The number of ether oxygens (including phenoxy) is 1. The van der Waals surface area contributed by atoms with E-state index in [1.54, 1.807) is 26.0 Å². The zero-order chi connectivity index (χ0) is 25.1. The van der Waals surface area contributed by atoms with Gasteiger partial charge in [-0.2, -0.15) is 0 Å². The van der Waals surface area contributed by atoms with E-state index in [-0.39, 0.29) is 35.6 Å². The topological polar surface area (TPSA) is 133 Å². The number of pyridine rings is 1. The highest BCUT2D eigenvalue weighted by Crippen LogP contribution is 2.48. The summed E-state index contributed by atoms with van der Waals surface area (Å²) in [6, 6.07) is 3.93. The van der Waals surface area contributed by atoms with E-state index < -0.39 is 58.7 Å². The number of anilines is 1. The number of aromatic nitrogens is 1. The first-order chi connectivity index (χ1) is 16.7. The van der Waals surface area contributed by atoms with E-state index in [2.05, 4.69) is 20.8 Å². The van der Waals surface area contributed by atoms with E-state index in [4.69, 9.17) is 4.74 Å². The third-order valence-electron chi connectivity index (χ3n) is 6.73. The zero-order valence-corrected chi connectivity index (χ0v) is 18.7. The van der Waals surface area contributed by atoms with Crippen molar-refractivity contribution in [2.24, 2.45) is 10.6 Å². The molecule has 2 unspecified atom stereocenters. The number of hydrogen-bond donors (Lipinski definition) is 3. The Morgan fingerprint density at radius 2 is 1.91 bits per heavy atom. The summed E-state index contributed by atoms with van der Waals surface area (Å²) < 4.78 is 37.0. The molecule has 1 aromatic carbocycles. The minimum Gasteiger partial charge on any atom is -0.410 e. The van der Waals surface area contributed by atoms with Crippen LogP contribution < -0.4 is 15.5 Å². The number of oxime groups is 1. The smallest absolute Gasteiger partial charge is 0.328 e. The molecule has 10 nitrogen and oxygen atoms in total. The molecule has 0 saturated carbocycles. The Hall–Kier alpha value is -3.93. The van der Waals surface area contributed by atoms with Gasteiger partial charge in [0.1, 0.15) is 5.71 Å². The molecule has 2 aromatic rings. The summed E-state index contributed by atoms with van der Waals surface area (Å²) in [5.74, 6) is -4.20. The number of benzene rings is 1. The van der Waals surface area contributed by atoms with Crippen molar-refractivity contribution in [3.8, 4) is 0 Å². The predicted octanol–water partition coefficient (Wildman–Crippen LogP) is 1.48. The molecule has 182 valence electrons. The number of carbonyl (C=O) groups excluding carboxylic acids is 3. The first-order valence-corrected chi connectivity index (χ1v) is 10.9. The number of amides is 4. The van der Waals surface area contributed by atoms with Gasteiger partial charge in [0.2, 0.25) is 11.8 Å². The molecule has 0 bridgehead atoms. The molecule has 4 heterocycles. The number of halogens is 2. The summed E-state index contributed by atoms with van der Waals surface area (Å²) in [6.45, 7) is 3.44. The number of carbonyl (C=O) groups is 3. The van der Waals surface area contributed by atoms with Crippen molar-refractivity contribution in [1.82, 2.24) is 15.6 Å². The predicted molar refractivity (Wildman–Crippen MR) is 117 cm³/mol. The van der Waals surface area contributed by atoms with Crippen LogP contribution in [0.4, 0.5) is 19.3 Å². The average Bonchev–Trinajstić information content (AvgIpc) is 2.81. The molecular weight excluding hydrogens is 464 g/mol. The number of rotatable bonds is 2. The van der Waals surface area contributed by atoms with Crippen molar-refractivity contribution >= 4 is 29.2 Å². The fourth-order valence-corrected chi connectivity index (χ4v) is 5.46. The van der Waals surface area contributed by atoms with Crippen molar-refractivity contribution in [3.63, 3.8) is 0 Å². The van der Waals surface area contributed by atoms with E-state index in [1.165, 1.54) is 23.2 Å². The first kappa shape index (κ1) is 22.8. The first-order valence-electron chi connectivity index (χ1n) is 10.9. The number of morpholine rings is 1. The van der Waals surface area contributed by atoms with Gasteiger partial charge in [0.15, 0.2) is 17.0 Å². The van der Waals surface area contributed by atoms with E-state index in [0.29, 0.717) is 0 Å². The lowest BCUT2D eigenvalue weighted by Gasteiger charge is -2.55. The number of barbiturate groups is 1. The van der Waals surface area contributed by atoms with Crippen molar-refractivity contribution in [2.45, 2.75) is 38.5 Å². The maximum absolute atomic E-state index is 15.7. The summed E-state index contributed by atoms with van der Waals surface area (Å²) >= 11 is 0. The Morgan fingerprint density at radius 3 is 2.54 bits per heavy atom. The van der Waals surface area contributed by atoms with Crippen molar-refractivity contribution in [1.29, 1.82) is 0 Å². The molecule has 1 spiro atoms. The van der Waals surface area contributed by atoms with E-state index >= 15 is 8.78 Å². The molecule has 0 aliphatic carbocycles. The van der Waals surface area contributed by atoms with Crippen LogP contribution in [0.15, 0.2) is 35.6 Å². The second-order valence-corrected chi connectivity index (χ2v) is 8.86. The second kappa shape index (κ2) is 8.08. The number of nitrogens with one attached hydrogen (secondary N) is 2. The maximum Gasteiger partial charge on any atom is 0.328 e. The molecular formula is C23H21F2N5O5. The van der Waals surface area contributed by atoms with Crippen LogP contribution in [0.3, 0.4) is 0 Å². The second-order valence-electron chi connectivity index (χ2n) is 8.86. The molecule has 5 rings (SSSR count). The highest BCUT2D eigenvalue weighted by molar-refractivity contribution is 6.20. The standard InChI is InChI=1S/C23H21F2N5O5/c1-10-9-30-18-12(7-13(15(24)16(18)25)17(29-34)14-5-3-4-6-26-14)8-23(19(30)11(2)35-10)20(31)27-22(33)28-21(23)32/h3-7,10-11,19,34H,8-9H2,1-2H3,(H2,27,28,31,32,33)/b29-17-/t10-,11?,19?/m1/s1. The van der Waals surface area contributed by atoms with Crippen LogP contribution in [0.5, 0.6) is 0 Å². The minimum atomic E-state index is -1.86. The Labute approximate surface area is 198 Å². The van der Waals surface area contributed by atoms with Gasteiger partial charge in [-0.25, -0.2) is 13.6 Å². The summed E-state index contributed by atoms with van der Waals surface area (Å²) in [5, 5.41) is 17.0. The van der Waals surface area contributed by atoms with Gasteiger partial charge in [-0.15, -0.1) is 0 Å². The quantitative estimate of drug-likeness (QED) is 0.254. The number of urea groups is 1. The molecule has 3 aliphatic heterocycles.